The molecule has 2 saturated heterocycles. The first-order valence-electron chi connectivity index (χ1n) is 9.30. The SMILES string of the molecule is Cc1ccc(Nc2nc(C)cc(C(=O)N3CCC4(CC3)OCCO4)n2)cc1. The topological polar surface area (TPSA) is 76.6 Å². The van der Waals surface area contributed by atoms with E-state index in [0.29, 0.717) is 50.8 Å². The van der Waals surface area contributed by atoms with Crippen molar-refractivity contribution >= 4 is 17.5 Å². The van der Waals surface area contributed by atoms with Gasteiger partial charge in [-0.05, 0) is 32.0 Å². The highest BCUT2D eigenvalue weighted by Gasteiger charge is 2.41. The lowest BCUT2D eigenvalue weighted by atomic mass is 10.0. The fourth-order valence-electron chi connectivity index (χ4n) is 3.50. The lowest BCUT2D eigenvalue weighted by molar-refractivity contribution is -0.181. The fraction of sp³-hybridized carbons (Fsp3) is 0.450. The van der Waals surface area contributed by atoms with Crippen molar-refractivity contribution in [3.63, 3.8) is 0 Å². The number of rotatable bonds is 3. The van der Waals surface area contributed by atoms with Crippen LogP contribution in [0.3, 0.4) is 0 Å². The minimum Gasteiger partial charge on any atom is -0.347 e. The highest BCUT2D eigenvalue weighted by molar-refractivity contribution is 5.92. The van der Waals surface area contributed by atoms with Crippen LogP contribution in [0.4, 0.5) is 11.6 Å². The van der Waals surface area contributed by atoms with E-state index in [1.54, 1.807) is 6.07 Å². The third kappa shape index (κ3) is 3.94. The minimum absolute atomic E-state index is 0.0831. The predicted octanol–water partition coefficient (Wildman–Crippen LogP) is 2.82. The molecule has 1 aromatic carbocycles. The van der Waals surface area contributed by atoms with E-state index in [0.717, 1.165) is 11.4 Å². The van der Waals surface area contributed by atoms with Gasteiger partial charge in [0.15, 0.2) is 5.79 Å². The quantitative estimate of drug-likeness (QED) is 0.898. The Balaban J connectivity index is 1.47. The molecule has 0 aliphatic carbocycles. The predicted molar refractivity (Wildman–Crippen MR) is 101 cm³/mol. The van der Waals surface area contributed by atoms with Crippen molar-refractivity contribution in [3.8, 4) is 0 Å². The molecular weight excluding hydrogens is 344 g/mol. The molecule has 0 bridgehead atoms. The van der Waals surface area contributed by atoms with Gasteiger partial charge in [0.1, 0.15) is 5.69 Å². The molecule has 1 spiro atoms. The second-order valence-corrected chi connectivity index (χ2v) is 7.11. The number of hydrogen-bond donors (Lipinski definition) is 1. The first-order valence-corrected chi connectivity index (χ1v) is 9.30. The van der Waals surface area contributed by atoms with E-state index < -0.39 is 5.79 Å². The van der Waals surface area contributed by atoms with E-state index in [4.69, 9.17) is 9.47 Å². The Hall–Kier alpha value is -2.51. The van der Waals surface area contributed by atoms with Crippen LogP contribution in [0.1, 0.15) is 34.6 Å². The van der Waals surface area contributed by atoms with E-state index in [1.165, 1.54) is 5.56 Å². The van der Waals surface area contributed by atoms with E-state index in [9.17, 15) is 4.79 Å². The second kappa shape index (κ2) is 7.25. The summed E-state index contributed by atoms with van der Waals surface area (Å²) in [7, 11) is 0. The molecule has 7 heteroatoms. The van der Waals surface area contributed by atoms with Crippen LogP contribution in [0, 0.1) is 13.8 Å². The fourth-order valence-corrected chi connectivity index (χ4v) is 3.50. The molecule has 0 saturated carbocycles. The maximum Gasteiger partial charge on any atom is 0.272 e. The molecule has 0 unspecified atom stereocenters. The molecule has 0 atom stereocenters. The van der Waals surface area contributed by atoms with Crippen molar-refractivity contribution in [3.05, 3.63) is 47.3 Å². The summed E-state index contributed by atoms with van der Waals surface area (Å²) < 4.78 is 11.5. The Kier molecular flexibility index (Phi) is 4.80. The van der Waals surface area contributed by atoms with Crippen LogP contribution in [0.2, 0.25) is 0 Å². The van der Waals surface area contributed by atoms with Crippen molar-refractivity contribution in [2.75, 3.05) is 31.6 Å². The molecule has 0 radical (unpaired) electrons. The lowest BCUT2D eigenvalue weighted by Crippen LogP contribution is -2.47. The molecule has 2 aromatic rings. The Labute approximate surface area is 158 Å². The maximum atomic E-state index is 12.9. The lowest BCUT2D eigenvalue weighted by Gasteiger charge is -2.37. The number of piperidine rings is 1. The van der Waals surface area contributed by atoms with Gasteiger partial charge in [-0.3, -0.25) is 4.79 Å². The van der Waals surface area contributed by atoms with Crippen molar-refractivity contribution in [1.29, 1.82) is 0 Å². The molecule has 4 rings (SSSR count). The number of anilines is 2. The van der Waals surface area contributed by atoms with Crippen molar-refractivity contribution in [2.24, 2.45) is 0 Å². The molecule has 2 aliphatic heterocycles. The molecule has 1 N–H and O–H groups in total. The number of carbonyl (C=O) groups excluding carboxylic acids is 1. The number of aromatic nitrogens is 2. The van der Waals surface area contributed by atoms with Gasteiger partial charge in [-0.25, -0.2) is 9.97 Å². The van der Waals surface area contributed by atoms with Gasteiger partial charge in [0.05, 0.1) is 13.2 Å². The van der Waals surface area contributed by atoms with Gasteiger partial charge in [0, 0.05) is 37.3 Å². The third-order valence-electron chi connectivity index (χ3n) is 5.01. The van der Waals surface area contributed by atoms with Crippen LogP contribution < -0.4 is 5.32 Å². The summed E-state index contributed by atoms with van der Waals surface area (Å²) in [5, 5.41) is 3.18. The zero-order valence-corrected chi connectivity index (χ0v) is 15.7. The smallest absolute Gasteiger partial charge is 0.272 e. The molecule has 1 aromatic heterocycles. The van der Waals surface area contributed by atoms with Crippen LogP contribution in [-0.4, -0.2) is 52.9 Å². The largest absolute Gasteiger partial charge is 0.347 e. The van der Waals surface area contributed by atoms with Gasteiger partial charge in [-0.15, -0.1) is 0 Å². The standard InChI is InChI=1S/C20H24N4O3/c1-14-3-5-16(6-4-14)22-19-21-15(2)13-17(23-19)18(25)24-9-7-20(8-10-24)26-11-12-27-20/h3-6,13H,7-12H2,1-2H3,(H,21,22,23). The van der Waals surface area contributed by atoms with Gasteiger partial charge in [0.2, 0.25) is 5.95 Å². The molecule has 1 amide bonds. The van der Waals surface area contributed by atoms with Crippen molar-refractivity contribution < 1.29 is 14.3 Å². The van der Waals surface area contributed by atoms with Crippen molar-refractivity contribution in [1.82, 2.24) is 14.9 Å². The number of aryl methyl sites for hydroxylation is 2. The average Bonchev–Trinajstić information content (AvgIpc) is 3.11. The van der Waals surface area contributed by atoms with Gasteiger partial charge in [-0.1, -0.05) is 17.7 Å². The normalized spacial score (nSPS) is 18.7. The molecular formula is C20H24N4O3. The highest BCUT2D eigenvalue weighted by atomic mass is 16.7. The van der Waals surface area contributed by atoms with E-state index >= 15 is 0 Å². The van der Waals surface area contributed by atoms with Crippen LogP contribution in [0.25, 0.3) is 0 Å². The molecule has 142 valence electrons. The molecule has 7 nitrogen and oxygen atoms in total. The molecule has 2 aliphatic rings. The highest BCUT2D eigenvalue weighted by Crippen LogP contribution is 2.31. The van der Waals surface area contributed by atoms with E-state index in [-0.39, 0.29) is 5.91 Å². The summed E-state index contributed by atoms with van der Waals surface area (Å²) in [6.07, 6.45) is 1.38. The number of ether oxygens (including phenoxy) is 2. The van der Waals surface area contributed by atoms with Crippen LogP contribution >= 0.6 is 0 Å². The number of carbonyl (C=O) groups is 1. The second-order valence-electron chi connectivity index (χ2n) is 7.11. The summed E-state index contributed by atoms with van der Waals surface area (Å²) in [4.78, 5) is 23.6. The number of nitrogens with zero attached hydrogens (tertiary/aromatic N) is 3. The van der Waals surface area contributed by atoms with Crippen molar-refractivity contribution in [2.45, 2.75) is 32.5 Å². The average molecular weight is 368 g/mol. The zero-order chi connectivity index (χ0) is 18.9. The first-order chi connectivity index (χ1) is 13.0. The molecule has 2 fully saturated rings. The number of nitrogens with one attached hydrogen (secondary N) is 1. The van der Waals surface area contributed by atoms with Crippen LogP contribution in [-0.2, 0) is 9.47 Å². The number of likely N-dealkylation sites (tertiary alicyclic amines) is 1. The summed E-state index contributed by atoms with van der Waals surface area (Å²) >= 11 is 0. The summed E-state index contributed by atoms with van der Waals surface area (Å²) in [5.41, 5.74) is 3.22. The van der Waals surface area contributed by atoms with Gasteiger partial charge < -0.3 is 19.7 Å². The van der Waals surface area contributed by atoms with Gasteiger partial charge in [0.25, 0.3) is 5.91 Å². The Morgan fingerprint density at radius 1 is 1.07 bits per heavy atom. The van der Waals surface area contributed by atoms with Gasteiger partial charge >= 0.3 is 0 Å². The summed E-state index contributed by atoms with van der Waals surface area (Å²) in [6.45, 7) is 6.36. The van der Waals surface area contributed by atoms with Gasteiger partial charge in [-0.2, -0.15) is 0 Å². The summed E-state index contributed by atoms with van der Waals surface area (Å²) in [5.74, 6) is -0.144. The monoisotopic (exact) mass is 368 g/mol. The first kappa shape index (κ1) is 17.9. The maximum absolute atomic E-state index is 12.9. The van der Waals surface area contributed by atoms with Crippen LogP contribution in [0.15, 0.2) is 30.3 Å². The van der Waals surface area contributed by atoms with E-state index in [2.05, 4.69) is 15.3 Å². The zero-order valence-electron chi connectivity index (χ0n) is 15.7. The summed E-state index contributed by atoms with van der Waals surface area (Å²) in [6, 6.07) is 9.69. The number of amides is 1. The van der Waals surface area contributed by atoms with Crippen LogP contribution in [0.5, 0.6) is 0 Å². The number of hydrogen-bond acceptors (Lipinski definition) is 6. The Morgan fingerprint density at radius 3 is 2.41 bits per heavy atom. The Morgan fingerprint density at radius 2 is 1.74 bits per heavy atom. The minimum atomic E-state index is -0.490. The molecule has 27 heavy (non-hydrogen) atoms. The number of benzene rings is 1. The third-order valence-corrected chi connectivity index (χ3v) is 5.01. The molecule has 3 heterocycles. The van der Waals surface area contributed by atoms with E-state index in [1.807, 2.05) is 43.0 Å². The Bertz CT molecular complexity index is 822.